The second-order valence-corrected chi connectivity index (χ2v) is 7.68. The van der Waals surface area contributed by atoms with Crippen LogP contribution in [-0.2, 0) is 16.1 Å². The fourth-order valence-corrected chi connectivity index (χ4v) is 3.56. The number of ether oxygens (including phenoxy) is 1. The number of hydrogen-bond acceptors (Lipinski definition) is 6. The Morgan fingerprint density at radius 3 is 2.50 bits per heavy atom. The van der Waals surface area contributed by atoms with Crippen LogP contribution >= 0.6 is 0 Å². The quantitative estimate of drug-likeness (QED) is 0.669. The summed E-state index contributed by atoms with van der Waals surface area (Å²) in [4.78, 5) is 39.4. The summed E-state index contributed by atoms with van der Waals surface area (Å²) in [6.45, 7) is 7.71. The van der Waals surface area contributed by atoms with E-state index < -0.39 is 11.5 Å². The first kappa shape index (κ1) is 23.2. The predicted octanol–water partition coefficient (Wildman–Crippen LogP) is 1.04. The molecule has 9 heteroatoms. The van der Waals surface area contributed by atoms with Crippen molar-refractivity contribution in [1.82, 2.24) is 14.8 Å². The van der Waals surface area contributed by atoms with Crippen molar-refractivity contribution in [1.29, 1.82) is 5.26 Å². The van der Waals surface area contributed by atoms with Crippen molar-refractivity contribution in [3.63, 3.8) is 0 Å². The molecule has 3 rings (SSSR count). The highest BCUT2D eigenvalue weighted by atomic mass is 16.5. The van der Waals surface area contributed by atoms with Crippen LogP contribution in [0.1, 0.15) is 27.2 Å². The Balaban J connectivity index is 1.54. The summed E-state index contributed by atoms with van der Waals surface area (Å²) in [7, 11) is 0. The molecule has 2 N–H and O–H groups in total. The number of pyridine rings is 1. The number of morpholine rings is 1. The van der Waals surface area contributed by atoms with E-state index in [1.54, 1.807) is 44.2 Å². The average Bonchev–Trinajstić information content (AvgIpc) is 2.78. The van der Waals surface area contributed by atoms with Crippen molar-refractivity contribution in [3.8, 4) is 6.07 Å². The van der Waals surface area contributed by atoms with Crippen molar-refractivity contribution in [2.75, 3.05) is 44.7 Å². The van der Waals surface area contributed by atoms with E-state index in [9.17, 15) is 19.6 Å². The maximum absolute atomic E-state index is 12.4. The van der Waals surface area contributed by atoms with Gasteiger partial charge in [0, 0.05) is 43.1 Å². The number of aryl methyl sites for hydroxylation is 2. The summed E-state index contributed by atoms with van der Waals surface area (Å²) >= 11 is 0. The van der Waals surface area contributed by atoms with Crippen molar-refractivity contribution in [2.24, 2.45) is 0 Å². The molecule has 9 nitrogen and oxygen atoms in total. The Bertz CT molecular complexity index is 1080. The highest BCUT2D eigenvalue weighted by molar-refractivity contribution is 5.95. The van der Waals surface area contributed by atoms with Gasteiger partial charge in [-0.2, -0.15) is 5.26 Å². The Kier molecular flexibility index (Phi) is 7.76. The number of nitrogens with zero attached hydrogens (tertiary/aromatic N) is 3. The van der Waals surface area contributed by atoms with E-state index in [2.05, 4.69) is 15.5 Å². The highest BCUT2D eigenvalue weighted by Gasteiger charge is 2.14. The standard InChI is InChI=1S/C23H27N5O4/c1-16-13-17(2)28(23(31)20(16)14-24)15-21(29)26-19-5-3-18(4-6-19)22(30)25-7-8-27-9-11-32-12-10-27/h3-6,13H,7-12,15H2,1-2H3,(H,25,30)(H,26,29). The Morgan fingerprint density at radius 1 is 1.16 bits per heavy atom. The first-order chi connectivity index (χ1) is 15.4. The molecule has 1 aromatic carbocycles. The number of carbonyl (C=O) groups is 2. The Morgan fingerprint density at radius 2 is 1.84 bits per heavy atom. The number of benzene rings is 1. The van der Waals surface area contributed by atoms with Crippen LogP contribution in [0.5, 0.6) is 0 Å². The lowest BCUT2D eigenvalue weighted by Crippen LogP contribution is -2.41. The minimum absolute atomic E-state index is 0.0346. The first-order valence-electron chi connectivity index (χ1n) is 10.5. The van der Waals surface area contributed by atoms with Gasteiger partial charge in [0.1, 0.15) is 18.2 Å². The third-order valence-corrected chi connectivity index (χ3v) is 5.37. The number of hydrogen-bond donors (Lipinski definition) is 2. The van der Waals surface area contributed by atoms with Crippen LogP contribution < -0.4 is 16.2 Å². The predicted molar refractivity (Wildman–Crippen MR) is 120 cm³/mol. The number of anilines is 1. The summed E-state index contributed by atoms with van der Waals surface area (Å²) in [6.07, 6.45) is 0. The van der Waals surface area contributed by atoms with Crippen molar-refractivity contribution in [2.45, 2.75) is 20.4 Å². The molecular weight excluding hydrogens is 410 g/mol. The van der Waals surface area contributed by atoms with Gasteiger partial charge in [-0.3, -0.25) is 19.3 Å². The fourth-order valence-electron chi connectivity index (χ4n) is 3.56. The van der Waals surface area contributed by atoms with Gasteiger partial charge < -0.3 is 19.9 Å². The van der Waals surface area contributed by atoms with E-state index in [0.29, 0.717) is 29.1 Å². The van der Waals surface area contributed by atoms with Gasteiger partial charge in [-0.25, -0.2) is 0 Å². The molecule has 2 heterocycles. The smallest absolute Gasteiger partial charge is 0.269 e. The van der Waals surface area contributed by atoms with E-state index in [-0.39, 0.29) is 18.0 Å². The summed E-state index contributed by atoms with van der Waals surface area (Å²) in [5.74, 6) is -0.576. The highest BCUT2D eigenvalue weighted by Crippen LogP contribution is 2.11. The van der Waals surface area contributed by atoms with Crippen molar-refractivity contribution in [3.05, 3.63) is 63.1 Å². The molecule has 32 heavy (non-hydrogen) atoms. The van der Waals surface area contributed by atoms with Crippen LogP contribution in [0, 0.1) is 25.2 Å². The van der Waals surface area contributed by atoms with Gasteiger partial charge in [0.25, 0.3) is 11.5 Å². The molecule has 168 valence electrons. The van der Waals surface area contributed by atoms with Crippen LogP contribution in [0.2, 0.25) is 0 Å². The topological polar surface area (TPSA) is 116 Å². The molecule has 1 aliphatic rings. The molecule has 0 atom stereocenters. The molecule has 0 bridgehead atoms. The zero-order valence-corrected chi connectivity index (χ0v) is 18.3. The van der Waals surface area contributed by atoms with E-state index in [0.717, 1.165) is 32.8 Å². The summed E-state index contributed by atoms with van der Waals surface area (Å²) in [5, 5.41) is 14.8. The number of nitriles is 1. The zero-order chi connectivity index (χ0) is 23.1. The van der Waals surface area contributed by atoms with Crippen molar-refractivity contribution >= 4 is 17.5 Å². The number of rotatable bonds is 7. The molecule has 0 spiro atoms. The molecule has 0 saturated carbocycles. The Labute approximate surface area is 186 Å². The second kappa shape index (κ2) is 10.7. The number of nitrogens with one attached hydrogen (secondary N) is 2. The minimum atomic E-state index is -0.482. The molecule has 0 radical (unpaired) electrons. The molecule has 0 aliphatic carbocycles. The molecule has 1 aliphatic heterocycles. The third-order valence-electron chi connectivity index (χ3n) is 5.37. The van der Waals surface area contributed by atoms with Crippen LogP contribution in [0.15, 0.2) is 35.1 Å². The number of aromatic nitrogens is 1. The van der Waals surface area contributed by atoms with E-state index in [1.807, 2.05) is 6.07 Å². The number of carbonyl (C=O) groups excluding carboxylic acids is 2. The molecule has 1 saturated heterocycles. The van der Waals surface area contributed by atoms with Crippen LogP contribution in [-0.4, -0.2) is 60.7 Å². The maximum Gasteiger partial charge on any atom is 0.269 e. The van der Waals surface area contributed by atoms with Crippen LogP contribution in [0.25, 0.3) is 0 Å². The molecule has 2 aromatic rings. The van der Waals surface area contributed by atoms with E-state index in [4.69, 9.17) is 4.74 Å². The lowest BCUT2D eigenvalue weighted by atomic mass is 10.1. The monoisotopic (exact) mass is 437 g/mol. The van der Waals surface area contributed by atoms with Gasteiger partial charge in [-0.15, -0.1) is 0 Å². The maximum atomic E-state index is 12.4. The largest absolute Gasteiger partial charge is 0.379 e. The van der Waals surface area contributed by atoms with Gasteiger partial charge in [-0.05, 0) is 49.7 Å². The summed E-state index contributed by atoms with van der Waals surface area (Å²) < 4.78 is 6.58. The average molecular weight is 438 g/mol. The van der Waals surface area contributed by atoms with Crippen LogP contribution in [0.3, 0.4) is 0 Å². The minimum Gasteiger partial charge on any atom is -0.379 e. The lowest BCUT2D eigenvalue weighted by molar-refractivity contribution is -0.116. The lowest BCUT2D eigenvalue weighted by Gasteiger charge is -2.26. The Hall–Kier alpha value is -3.48. The van der Waals surface area contributed by atoms with Gasteiger partial charge in [0.2, 0.25) is 5.91 Å². The van der Waals surface area contributed by atoms with E-state index >= 15 is 0 Å². The van der Waals surface area contributed by atoms with Gasteiger partial charge in [-0.1, -0.05) is 0 Å². The molecule has 1 aromatic heterocycles. The van der Waals surface area contributed by atoms with Gasteiger partial charge in [0.05, 0.1) is 13.2 Å². The zero-order valence-electron chi connectivity index (χ0n) is 18.3. The summed E-state index contributed by atoms with van der Waals surface area (Å²) in [5.41, 5.74) is 1.75. The molecule has 1 fully saturated rings. The van der Waals surface area contributed by atoms with E-state index in [1.165, 1.54) is 4.57 Å². The van der Waals surface area contributed by atoms with Crippen LogP contribution in [0.4, 0.5) is 5.69 Å². The summed E-state index contributed by atoms with van der Waals surface area (Å²) in [6, 6.07) is 10.2. The van der Waals surface area contributed by atoms with Crippen molar-refractivity contribution < 1.29 is 14.3 Å². The molecular formula is C23H27N5O4. The SMILES string of the molecule is Cc1cc(C)n(CC(=O)Nc2ccc(C(=O)NCCN3CCOCC3)cc2)c(=O)c1C#N. The molecule has 0 unspecified atom stereocenters. The number of amides is 2. The third kappa shape index (κ3) is 5.81. The first-order valence-corrected chi connectivity index (χ1v) is 10.5. The van der Waals surface area contributed by atoms with Gasteiger partial charge in [0.15, 0.2) is 0 Å². The second-order valence-electron chi connectivity index (χ2n) is 7.68. The van der Waals surface area contributed by atoms with Gasteiger partial charge >= 0.3 is 0 Å². The normalized spacial score (nSPS) is 13.9. The fraction of sp³-hybridized carbons (Fsp3) is 0.391. The molecule has 2 amide bonds.